The van der Waals surface area contributed by atoms with Gasteiger partial charge in [0.05, 0.1) is 6.54 Å². The zero-order valence-corrected chi connectivity index (χ0v) is 16.9. The van der Waals surface area contributed by atoms with Gasteiger partial charge in [-0.05, 0) is 32.0 Å². The molecule has 1 fully saturated rings. The summed E-state index contributed by atoms with van der Waals surface area (Å²) >= 11 is 0. The van der Waals surface area contributed by atoms with Crippen molar-refractivity contribution in [3.8, 4) is 11.3 Å². The van der Waals surface area contributed by atoms with Crippen molar-refractivity contribution in [3.05, 3.63) is 71.7 Å². The lowest BCUT2D eigenvalue weighted by Gasteiger charge is -2.22. The van der Waals surface area contributed by atoms with E-state index in [1.54, 1.807) is 16.9 Å². The molecule has 2 aromatic carbocycles. The van der Waals surface area contributed by atoms with E-state index in [0.29, 0.717) is 24.7 Å². The van der Waals surface area contributed by atoms with Gasteiger partial charge in [0.25, 0.3) is 0 Å². The van der Waals surface area contributed by atoms with Crippen molar-refractivity contribution >= 4 is 0 Å². The zero-order valence-electron chi connectivity index (χ0n) is 16.9. The lowest BCUT2D eigenvalue weighted by molar-refractivity contribution is 0.259. The van der Waals surface area contributed by atoms with Gasteiger partial charge in [-0.1, -0.05) is 55.5 Å². The number of hydrogen-bond donors (Lipinski definition) is 1. The standard InChI is InChI=1S/C23H28FN5/c1-2-28-14-8-12-20(28)15-25-16-22-23(18-9-4-3-5-10-18)27-29(26-22)17-19-11-6-7-13-21(19)24/h3-7,9-11,13,20,25H,2,8,12,14-17H2,1H3/t20-/m1/s1. The minimum absolute atomic E-state index is 0.230. The van der Waals surface area contributed by atoms with E-state index in [0.717, 1.165) is 30.0 Å². The molecule has 1 aliphatic rings. The monoisotopic (exact) mass is 393 g/mol. The van der Waals surface area contributed by atoms with E-state index < -0.39 is 0 Å². The lowest BCUT2D eigenvalue weighted by atomic mass is 10.1. The molecule has 0 amide bonds. The summed E-state index contributed by atoms with van der Waals surface area (Å²) < 4.78 is 14.1. The summed E-state index contributed by atoms with van der Waals surface area (Å²) in [6.45, 7) is 6.42. The van der Waals surface area contributed by atoms with Crippen molar-refractivity contribution in [2.45, 2.75) is 38.9 Å². The van der Waals surface area contributed by atoms with Crippen molar-refractivity contribution in [2.24, 2.45) is 0 Å². The summed E-state index contributed by atoms with van der Waals surface area (Å²) in [5.41, 5.74) is 3.37. The predicted octanol–water partition coefficient (Wildman–Crippen LogP) is 3.71. The Morgan fingerprint density at radius 1 is 1.07 bits per heavy atom. The summed E-state index contributed by atoms with van der Waals surface area (Å²) in [5.74, 6) is -0.230. The summed E-state index contributed by atoms with van der Waals surface area (Å²) in [4.78, 5) is 4.13. The smallest absolute Gasteiger partial charge is 0.128 e. The van der Waals surface area contributed by atoms with Gasteiger partial charge in [-0.2, -0.15) is 15.0 Å². The maximum absolute atomic E-state index is 14.1. The van der Waals surface area contributed by atoms with Gasteiger partial charge in [0, 0.05) is 30.3 Å². The molecule has 0 unspecified atom stereocenters. The third-order valence-corrected chi connectivity index (χ3v) is 5.62. The number of hydrogen-bond acceptors (Lipinski definition) is 4. The molecule has 1 aromatic heterocycles. The van der Waals surface area contributed by atoms with Gasteiger partial charge in [0.15, 0.2) is 0 Å². The Hall–Kier alpha value is -2.57. The Morgan fingerprint density at radius 3 is 2.66 bits per heavy atom. The van der Waals surface area contributed by atoms with E-state index in [9.17, 15) is 4.39 Å². The molecule has 1 aliphatic heterocycles. The number of likely N-dealkylation sites (N-methyl/N-ethyl adjacent to an activating group) is 1. The highest BCUT2D eigenvalue weighted by Crippen LogP contribution is 2.21. The Bertz CT molecular complexity index is 924. The summed E-state index contributed by atoms with van der Waals surface area (Å²) in [6.07, 6.45) is 2.51. The fourth-order valence-corrected chi connectivity index (χ4v) is 4.07. The van der Waals surface area contributed by atoms with E-state index in [-0.39, 0.29) is 5.82 Å². The van der Waals surface area contributed by atoms with Gasteiger partial charge in [0.2, 0.25) is 0 Å². The maximum Gasteiger partial charge on any atom is 0.128 e. The van der Waals surface area contributed by atoms with Crippen molar-refractivity contribution in [1.29, 1.82) is 0 Å². The first-order valence-electron chi connectivity index (χ1n) is 10.4. The number of halogens is 1. The van der Waals surface area contributed by atoms with Crippen LogP contribution in [0.1, 0.15) is 31.0 Å². The number of benzene rings is 2. The molecule has 0 aliphatic carbocycles. The van der Waals surface area contributed by atoms with Gasteiger partial charge in [-0.25, -0.2) is 4.39 Å². The van der Waals surface area contributed by atoms with Crippen LogP contribution in [0.15, 0.2) is 54.6 Å². The third-order valence-electron chi connectivity index (χ3n) is 5.62. The molecule has 0 spiro atoms. The molecular formula is C23H28FN5. The molecule has 2 heterocycles. The summed E-state index contributed by atoms with van der Waals surface area (Å²) in [7, 11) is 0. The van der Waals surface area contributed by atoms with Crippen LogP contribution in [0.3, 0.4) is 0 Å². The number of aromatic nitrogens is 3. The van der Waals surface area contributed by atoms with Gasteiger partial charge in [-0.3, -0.25) is 4.90 Å². The highest BCUT2D eigenvalue weighted by atomic mass is 19.1. The Labute approximate surface area is 171 Å². The number of rotatable bonds is 8. The van der Waals surface area contributed by atoms with E-state index in [1.165, 1.54) is 25.5 Å². The molecule has 4 rings (SSSR count). The number of nitrogens with one attached hydrogen (secondary N) is 1. The SMILES string of the molecule is CCN1CCC[C@@H]1CNCc1nn(Cc2ccccc2F)nc1-c1ccccc1. The van der Waals surface area contributed by atoms with E-state index in [4.69, 9.17) is 0 Å². The van der Waals surface area contributed by atoms with Crippen LogP contribution in [0, 0.1) is 5.82 Å². The molecule has 3 aromatic rings. The third kappa shape index (κ3) is 4.71. The Morgan fingerprint density at radius 2 is 1.86 bits per heavy atom. The normalized spacial score (nSPS) is 17.1. The average Bonchev–Trinajstić information content (AvgIpc) is 3.37. The molecule has 29 heavy (non-hydrogen) atoms. The molecule has 1 N–H and O–H groups in total. The second-order valence-corrected chi connectivity index (χ2v) is 7.54. The van der Waals surface area contributed by atoms with Crippen LogP contribution in [0.4, 0.5) is 4.39 Å². The Balaban J connectivity index is 1.51. The van der Waals surface area contributed by atoms with Crippen LogP contribution in [0.2, 0.25) is 0 Å². The molecule has 0 saturated carbocycles. The number of likely N-dealkylation sites (tertiary alicyclic amines) is 1. The predicted molar refractivity (Wildman–Crippen MR) is 113 cm³/mol. The lowest BCUT2D eigenvalue weighted by Crippen LogP contribution is -2.37. The van der Waals surface area contributed by atoms with E-state index >= 15 is 0 Å². The molecule has 1 saturated heterocycles. The van der Waals surface area contributed by atoms with Crippen molar-refractivity contribution in [3.63, 3.8) is 0 Å². The highest BCUT2D eigenvalue weighted by molar-refractivity contribution is 5.60. The highest BCUT2D eigenvalue weighted by Gasteiger charge is 2.22. The molecule has 1 atom stereocenters. The van der Waals surface area contributed by atoms with E-state index in [2.05, 4.69) is 27.3 Å². The molecular weight excluding hydrogens is 365 g/mol. The minimum Gasteiger partial charge on any atom is -0.309 e. The first-order valence-corrected chi connectivity index (χ1v) is 10.4. The number of nitrogens with zero attached hydrogens (tertiary/aromatic N) is 4. The molecule has 5 nitrogen and oxygen atoms in total. The van der Waals surface area contributed by atoms with Crippen LogP contribution < -0.4 is 5.32 Å². The first kappa shape index (κ1) is 19.7. The second kappa shape index (κ2) is 9.29. The molecule has 0 radical (unpaired) electrons. The average molecular weight is 394 g/mol. The molecule has 0 bridgehead atoms. The molecule has 6 heteroatoms. The van der Waals surface area contributed by atoms with Gasteiger partial charge in [0.1, 0.15) is 17.2 Å². The van der Waals surface area contributed by atoms with Crippen molar-refractivity contribution in [2.75, 3.05) is 19.6 Å². The van der Waals surface area contributed by atoms with Crippen LogP contribution >= 0.6 is 0 Å². The van der Waals surface area contributed by atoms with Crippen LogP contribution in [0.25, 0.3) is 11.3 Å². The minimum atomic E-state index is -0.230. The van der Waals surface area contributed by atoms with Gasteiger partial charge in [-0.15, -0.1) is 0 Å². The second-order valence-electron chi connectivity index (χ2n) is 7.54. The quantitative estimate of drug-likeness (QED) is 0.634. The topological polar surface area (TPSA) is 46.0 Å². The van der Waals surface area contributed by atoms with Crippen molar-refractivity contribution in [1.82, 2.24) is 25.2 Å². The summed E-state index contributed by atoms with van der Waals surface area (Å²) in [5, 5.41) is 13.0. The zero-order chi connectivity index (χ0) is 20.1. The fraction of sp³-hybridized carbons (Fsp3) is 0.391. The van der Waals surface area contributed by atoms with E-state index in [1.807, 2.05) is 36.4 Å². The van der Waals surface area contributed by atoms with Gasteiger partial charge < -0.3 is 5.32 Å². The summed E-state index contributed by atoms with van der Waals surface area (Å²) in [6, 6.07) is 17.4. The van der Waals surface area contributed by atoms with Crippen molar-refractivity contribution < 1.29 is 4.39 Å². The van der Waals surface area contributed by atoms with Crippen LogP contribution in [-0.4, -0.2) is 45.6 Å². The van der Waals surface area contributed by atoms with Gasteiger partial charge >= 0.3 is 0 Å². The Kier molecular flexibility index (Phi) is 6.32. The maximum atomic E-state index is 14.1. The van der Waals surface area contributed by atoms with Crippen LogP contribution in [0.5, 0.6) is 0 Å². The first-order chi connectivity index (χ1) is 14.2. The largest absolute Gasteiger partial charge is 0.309 e. The fourth-order valence-electron chi connectivity index (χ4n) is 4.07. The van der Waals surface area contributed by atoms with Crippen LogP contribution in [-0.2, 0) is 13.1 Å². The molecule has 152 valence electrons.